The van der Waals surface area contributed by atoms with Gasteiger partial charge in [-0.15, -0.1) is 0 Å². The van der Waals surface area contributed by atoms with Crippen molar-refractivity contribution in [1.82, 2.24) is 9.29 Å². The summed E-state index contributed by atoms with van der Waals surface area (Å²) in [6.07, 6.45) is 1.52. The highest BCUT2D eigenvalue weighted by Gasteiger charge is 2.21. The van der Waals surface area contributed by atoms with Crippen LogP contribution in [0.3, 0.4) is 0 Å². The lowest BCUT2D eigenvalue weighted by Gasteiger charge is -2.20. The van der Waals surface area contributed by atoms with Crippen molar-refractivity contribution in [3.8, 4) is 0 Å². The van der Waals surface area contributed by atoms with E-state index in [2.05, 4.69) is 4.72 Å². The SMILES string of the molecule is Cn1cc(S(=O)(=O)NCC2CSCCS2)cc1CO. The second-order valence-electron chi connectivity index (χ2n) is 4.36. The van der Waals surface area contributed by atoms with E-state index in [9.17, 15) is 8.42 Å². The minimum atomic E-state index is -3.48. The Balaban J connectivity index is 2.00. The van der Waals surface area contributed by atoms with Crippen LogP contribution < -0.4 is 4.72 Å². The van der Waals surface area contributed by atoms with Crippen molar-refractivity contribution < 1.29 is 13.5 Å². The van der Waals surface area contributed by atoms with Gasteiger partial charge in [0.2, 0.25) is 10.0 Å². The Morgan fingerprint density at radius 2 is 2.32 bits per heavy atom. The van der Waals surface area contributed by atoms with Gasteiger partial charge in [-0.1, -0.05) is 0 Å². The van der Waals surface area contributed by atoms with Crippen LogP contribution in [-0.2, 0) is 23.7 Å². The largest absolute Gasteiger partial charge is 0.390 e. The summed E-state index contributed by atoms with van der Waals surface area (Å²) in [7, 11) is -1.76. The van der Waals surface area contributed by atoms with E-state index in [0.717, 1.165) is 17.3 Å². The Morgan fingerprint density at radius 3 is 2.89 bits per heavy atom. The third kappa shape index (κ3) is 3.91. The first kappa shape index (κ1) is 15.2. The molecular formula is C11H18N2O3S3. The van der Waals surface area contributed by atoms with E-state index in [1.165, 1.54) is 12.3 Å². The fourth-order valence-corrected chi connectivity index (χ4v) is 5.71. The average Bonchev–Trinajstić information content (AvgIpc) is 2.80. The molecule has 1 atom stereocenters. The van der Waals surface area contributed by atoms with E-state index in [0.29, 0.717) is 17.5 Å². The monoisotopic (exact) mass is 322 g/mol. The van der Waals surface area contributed by atoms with Crippen LogP contribution in [0, 0.1) is 0 Å². The number of aryl methyl sites for hydroxylation is 1. The number of thioether (sulfide) groups is 2. The maximum Gasteiger partial charge on any atom is 0.242 e. The molecule has 0 aliphatic carbocycles. The molecule has 1 unspecified atom stereocenters. The zero-order valence-corrected chi connectivity index (χ0v) is 13.2. The average molecular weight is 322 g/mol. The van der Waals surface area contributed by atoms with Crippen LogP contribution in [0.25, 0.3) is 0 Å². The van der Waals surface area contributed by atoms with E-state index < -0.39 is 10.0 Å². The number of nitrogens with zero attached hydrogens (tertiary/aromatic N) is 1. The maximum atomic E-state index is 12.1. The molecule has 108 valence electrons. The zero-order valence-electron chi connectivity index (χ0n) is 10.7. The van der Waals surface area contributed by atoms with Gasteiger partial charge in [-0.25, -0.2) is 13.1 Å². The third-order valence-corrected chi connectivity index (χ3v) is 7.18. The number of rotatable bonds is 5. The molecule has 2 heterocycles. The Bertz CT molecular complexity index is 521. The van der Waals surface area contributed by atoms with Crippen LogP contribution in [0.15, 0.2) is 17.2 Å². The number of aliphatic hydroxyl groups excluding tert-OH is 1. The molecule has 8 heteroatoms. The van der Waals surface area contributed by atoms with Gasteiger partial charge in [-0.2, -0.15) is 23.5 Å². The molecule has 2 N–H and O–H groups in total. The van der Waals surface area contributed by atoms with Gasteiger partial charge >= 0.3 is 0 Å². The lowest BCUT2D eigenvalue weighted by Crippen LogP contribution is -2.33. The van der Waals surface area contributed by atoms with Crippen LogP contribution in [-0.4, -0.2) is 47.1 Å². The van der Waals surface area contributed by atoms with Crippen molar-refractivity contribution in [1.29, 1.82) is 0 Å². The molecule has 0 amide bonds. The first-order chi connectivity index (χ1) is 9.03. The van der Waals surface area contributed by atoms with Crippen LogP contribution >= 0.6 is 23.5 Å². The van der Waals surface area contributed by atoms with Gasteiger partial charge < -0.3 is 9.67 Å². The van der Waals surface area contributed by atoms with E-state index in [1.54, 1.807) is 11.6 Å². The topological polar surface area (TPSA) is 71.3 Å². The van der Waals surface area contributed by atoms with Crippen LogP contribution in [0.4, 0.5) is 0 Å². The van der Waals surface area contributed by atoms with Crippen molar-refractivity contribution in [2.45, 2.75) is 16.8 Å². The molecule has 0 saturated carbocycles. The second kappa shape index (κ2) is 6.53. The lowest BCUT2D eigenvalue weighted by atomic mass is 10.5. The maximum absolute atomic E-state index is 12.1. The number of nitrogens with one attached hydrogen (secondary N) is 1. The highest BCUT2D eigenvalue weighted by Crippen LogP contribution is 2.23. The van der Waals surface area contributed by atoms with Crippen molar-refractivity contribution in [3.63, 3.8) is 0 Å². The molecule has 0 radical (unpaired) electrons. The number of aliphatic hydroxyl groups is 1. The second-order valence-corrected chi connectivity index (χ2v) is 8.68. The van der Waals surface area contributed by atoms with E-state index in [-0.39, 0.29) is 11.5 Å². The number of hydrogen-bond acceptors (Lipinski definition) is 5. The minimum Gasteiger partial charge on any atom is -0.390 e. The summed E-state index contributed by atoms with van der Waals surface area (Å²) in [6, 6.07) is 1.51. The third-order valence-electron chi connectivity index (χ3n) is 2.94. The van der Waals surface area contributed by atoms with Crippen molar-refractivity contribution in [2.75, 3.05) is 23.8 Å². The minimum absolute atomic E-state index is 0.166. The van der Waals surface area contributed by atoms with Crippen molar-refractivity contribution in [2.24, 2.45) is 7.05 Å². The molecule has 0 bridgehead atoms. The molecular weight excluding hydrogens is 304 g/mol. The summed E-state index contributed by atoms with van der Waals surface area (Å²) in [5.74, 6) is 3.22. The molecule has 1 aromatic rings. The van der Waals surface area contributed by atoms with E-state index >= 15 is 0 Å². The fraction of sp³-hybridized carbons (Fsp3) is 0.636. The number of sulfonamides is 1. The van der Waals surface area contributed by atoms with E-state index in [4.69, 9.17) is 5.11 Å². The van der Waals surface area contributed by atoms with Crippen LogP contribution in [0.5, 0.6) is 0 Å². The zero-order chi connectivity index (χ0) is 13.9. The molecule has 1 aliphatic rings. The first-order valence-corrected chi connectivity index (χ1v) is 9.66. The summed E-state index contributed by atoms with van der Waals surface area (Å²) < 4.78 is 28.5. The summed E-state index contributed by atoms with van der Waals surface area (Å²) in [6.45, 7) is 0.296. The standard InChI is InChI=1S/C11H18N2O3S3/c1-13-6-11(4-9(13)7-14)19(15,16)12-5-10-8-17-2-3-18-10/h4,6,10,12,14H,2-3,5,7-8H2,1H3. The molecule has 1 aromatic heterocycles. The first-order valence-electron chi connectivity index (χ1n) is 5.98. The van der Waals surface area contributed by atoms with Crippen molar-refractivity contribution in [3.05, 3.63) is 18.0 Å². The van der Waals surface area contributed by atoms with Crippen LogP contribution in [0.2, 0.25) is 0 Å². The Kier molecular flexibility index (Phi) is 5.24. The molecule has 5 nitrogen and oxygen atoms in total. The quantitative estimate of drug-likeness (QED) is 0.833. The smallest absolute Gasteiger partial charge is 0.242 e. The van der Waals surface area contributed by atoms with E-state index in [1.807, 2.05) is 23.5 Å². The Morgan fingerprint density at radius 1 is 1.53 bits per heavy atom. The van der Waals surface area contributed by atoms with Crippen LogP contribution in [0.1, 0.15) is 5.69 Å². The predicted molar refractivity (Wildman–Crippen MR) is 80.1 cm³/mol. The summed E-state index contributed by atoms with van der Waals surface area (Å²) >= 11 is 3.69. The highest BCUT2D eigenvalue weighted by atomic mass is 32.2. The molecule has 0 spiro atoms. The summed E-state index contributed by atoms with van der Waals surface area (Å²) in [5.41, 5.74) is 0.586. The van der Waals surface area contributed by atoms with Gasteiger partial charge in [-0.3, -0.25) is 0 Å². The van der Waals surface area contributed by atoms with Gasteiger partial charge in [-0.05, 0) is 6.07 Å². The summed E-state index contributed by atoms with van der Waals surface area (Å²) in [5, 5.41) is 9.43. The molecule has 1 aliphatic heterocycles. The van der Waals surface area contributed by atoms with Gasteiger partial charge in [0.15, 0.2) is 0 Å². The number of hydrogen-bond donors (Lipinski definition) is 2. The lowest BCUT2D eigenvalue weighted by molar-refractivity contribution is 0.272. The van der Waals surface area contributed by atoms with Gasteiger partial charge in [0.05, 0.1) is 11.5 Å². The Hall–Kier alpha value is -0.150. The molecule has 0 aromatic carbocycles. The fourth-order valence-electron chi connectivity index (χ4n) is 1.82. The highest BCUT2D eigenvalue weighted by molar-refractivity contribution is 8.06. The molecule has 19 heavy (non-hydrogen) atoms. The normalized spacial score (nSPS) is 20.6. The predicted octanol–water partition coefficient (Wildman–Crippen LogP) is 0.644. The molecule has 1 saturated heterocycles. The molecule has 1 fully saturated rings. The Labute approximate surface area is 122 Å². The van der Waals surface area contributed by atoms with Gasteiger partial charge in [0, 0.05) is 48.0 Å². The van der Waals surface area contributed by atoms with Gasteiger partial charge in [0.1, 0.15) is 0 Å². The molecule has 2 rings (SSSR count). The summed E-state index contributed by atoms with van der Waals surface area (Å²) in [4.78, 5) is 0.215. The number of aromatic nitrogens is 1. The van der Waals surface area contributed by atoms with Gasteiger partial charge in [0.25, 0.3) is 0 Å². The van der Waals surface area contributed by atoms with Crippen molar-refractivity contribution >= 4 is 33.5 Å².